The Kier molecular flexibility index (Phi) is 3.31. The first-order valence-corrected chi connectivity index (χ1v) is 8.14. The Bertz CT molecular complexity index is 1080. The van der Waals surface area contributed by atoms with E-state index in [0.717, 1.165) is 28.0 Å². The Labute approximate surface area is 141 Å². The summed E-state index contributed by atoms with van der Waals surface area (Å²) in [5, 5.41) is 2.36. The van der Waals surface area contributed by atoms with E-state index in [4.69, 9.17) is 9.97 Å². The van der Waals surface area contributed by atoms with Gasteiger partial charge >= 0.3 is 0 Å². The van der Waals surface area contributed by atoms with Crippen LogP contribution in [-0.4, -0.2) is 15.0 Å². The zero-order chi connectivity index (χ0) is 16.8. The zero-order valence-corrected chi connectivity index (χ0v) is 14.4. The van der Waals surface area contributed by atoms with Crippen molar-refractivity contribution in [2.75, 3.05) is 0 Å². The molecule has 24 heavy (non-hydrogen) atoms. The van der Waals surface area contributed by atoms with Crippen LogP contribution in [0.3, 0.4) is 0 Å². The van der Waals surface area contributed by atoms with Gasteiger partial charge in [0.1, 0.15) is 0 Å². The minimum Gasteiger partial charge on any atom is -0.255 e. The zero-order valence-electron chi connectivity index (χ0n) is 14.4. The van der Waals surface area contributed by atoms with Crippen molar-refractivity contribution >= 4 is 21.8 Å². The number of fused-ring (bicyclic) bond motifs is 3. The van der Waals surface area contributed by atoms with Crippen molar-refractivity contribution in [3.8, 4) is 11.4 Å². The predicted molar refractivity (Wildman–Crippen MR) is 99.2 cm³/mol. The molecular formula is C21H19N3. The fourth-order valence-corrected chi connectivity index (χ4v) is 3.29. The van der Waals surface area contributed by atoms with Crippen molar-refractivity contribution in [1.82, 2.24) is 15.0 Å². The van der Waals surface area contributed by atoms with Crippen molar-refractivity contribution in [3.63, 3.8) is 0 Å². The van der Waals surface area contributed by atoms with E-state index in [2.05, 4.69) is 44.8 Å². The van der Waals surface area contributed by atoms with Gasteiger partial charge in [-0.1, -0.05) is 6.07 Å². The largest absolute Gasteiger partial charge is 0.255 e. The molecule has 118 valence electrons. The fourth-order valence-electron chi connectivity index (χ4n) is 3.29. The Morgan fingerprint density at radius 3 is 2.25 bits per heavy atom. The van der Waals surface area contributed by atoms with Gasteiger partial charge < -0.3 is 0 Å². The molecule has 0 N–H and O–H groups in total. The van der Waals surface area contributed by atoms with Gasteiger partial charge in [0.2, 0.25) is 0 Å². The van der Waals surface area contributed by atoms with Crippen molar-refractivity contribution < 1.29 is 0 Å². The minimum absolute atomic E-state index is 0.899. The van der Waals surface area contributed by atoms with Crippen LogP contribution >= 0.6 is 0 Å². The van der Waals surface area contributed by atoms with E-state index in [-0.39, 0.29) is 0 Å². The van der Waals surface area contributed by atoms with Gasteiger partial charge in [0.25, 0.3) is 0 Å². The van der Waals surface area contributed by atoms with E-state index in [1.54, 1.807) is 6.20 Å². The quantitative estimate of drug-likeness (QED) is 0.460. The standard InChI is InChI=1S/C21H19N3/c1-12-9-16-14(3)15(4)17-10-13(2)19(18-7-5-6-8-22-18)24-21(17)20(16)23-11-12/h5-11H,1-4H3. The van der Waals surface area contributed by atoms with E-state index in [0.29, 0.717) is 0 Å². The molecule has 0 saturated heterocycles. The number of hydrogen-bond acceptors (Lipinski definition) is 3. The van der Waals surface area contributed by atoms with Crippen LogP contribution in [0.5, 0.6) is 0 Å². The number of aryl methyl sites for hydroxylation is 4. The molecule has 0 spiro atoms. The summed E-state index contributed by atoms with van der Waals surface area (Å²) in [6.45, 7) is 8.51. The molecule has 4 aromatic rings. The Balaban J connectivity index is 2.16. The molecule has 0 aliphatic carbocycles. The summed E-state index contributed by atoms with van der Waals surface area (Å²) in [6.07, 6.45) is 3.72. The normalized spacial score (nSPS) is 11.3. The highest BCUT2D eigenvalue weighted by Crippen LogP contribution is 2.33. The van der Waals surface area contributed by atoms with Crippen LogP contribution in [0.25, 0.3) is 33.2 Å². The number of nitrogens with zero attached hydrogens (tertiary/aromatic N) is 3. The van der Waals surface area contributed by atoms with Crippen LogP contribution in [0.4, 0.5) is 0 Å². The first kappa shape index (κ1) is 14.8. The molecule has 0 atom stereocenters. The summed E-state index contributed by atoms with van der Waals surface area (Å²) < 4.78 is 0. The van der Waals surface area contributed by atoms with E-state index in [1.165, 1.54) is 27.5 Å². The Morgan fingerprint density at radius 1 is 0.792 bits per heavy atom. The first-order valence-electron chi connectivity index (χ1n) is 8.14. The van der Waals surface area contributed by atoms with Crippen LogP contribution in [0.2, 0.25) is 0 Å². The molecular weight excluding hydrogens is 294 g/mol. The molecule has 0 fully saturated rings. The van der Waals surface area contributed by atoms with Crippen molar-refractivity contribution in [2.45, 2.75) is 27.7 Å². The van der Waals surface area contributed by atoms with Gasteiger partial charge in [0, 0.05) is 23.2 Å². The average Bonchev–Trinajstić information content (AvgIpc) is 2.60. The van der Waals surface area contributed by atoms with Gasteiger partial charge in [-0.15, -0.1) is 0 Å². The van der Waals surface area contributed by atoms with Crippen LogP contribution in [-0.2, 0) is 0 Å². The van der Waals surface area contributed by atoms with Gasteiger partial charge in [-0.05, 0) is 74.2 Å². The lowest BCUT2D eigenvalue weighted by Gasteiger charge is -2.14. The Morgan fingerprint density at radius 2 is 1.54 bits per heavy atom. The minimum atomic E-state index is 0.899. The molecule has 3 heterocycles. The molecule has 0 saturated carbocycles. The van der Waals surface area contributed by atoms with Gasteiger partial charge in [-0.3, -0.25) is 9.97 Å². The lowest BCUT2D eigenvalue weighted by atomic mass is 9.96. The van der Waals surface area contributed by atoms with Crippen LogP contribution < -0.4 is 0 Å². The fraction of sp³-hybridized carbons (Fsp3) is 0.190. The predicted octanol–water partition coefficient (Wildman–Crippen LogP) is 5.08. The van der Waals surface area contributed by atoms with Crippen molar-refractivity contribution in [3.05, 3.63) is 65.0 Å². The van der Waals surface area contributed by atoms with E-state index in [1.807, 2.05) is 24.4 Å². The number of aromatic nitrogens is 3. The molecule has 3 aromatic heterocycles. The maximum atomic E-state index is 4.98. The van der Waals surface area contributed by atoms with Crippen LogP contribution in [0.1, 0.15) is 22.3 Å². The maximum Gasteiger partial charge on any atom is 0.0975 e. The molecule has 4 rings (SSSR count). The van der Waals surface area contributed by atoms with E-state index < -0.39 is 0 Å². The highest BCUT2D eigenvalue weighted by atomic mass is 14.8. The number of pyridine rings is 3. The van der Waals surface area contributed by atoms with Crippen molar-refractivity contribution in [1.29, 1.82) is 0 Å². The van der Waals surface area contributed by atoms with Crippen LogP contribution in [0.15, 0.2) is 42.7 Å². The lowest BCUT2D eigenvalue weighted by molar-refractivity contribution is 1.24. The number of rotatable bonds is 1. The number of benzene rings is 1. The summed E-state index contributed by atoms with van der Waals surface area (Å²) in [6, 6.07) is 10.3. The van der Waals surface area contributed by atoms with Gasteiger partial charge in [-0.2, -0.15) is 0 Å². The van der Waals surface area contributed by atoms with Gasteiger partial charge in [0.05, 0.1) is 22.4 Å². The molecule has 3 heteroatoms. The SMILES string of the molecule is Cc1cnc2c(c1)c(C)c(C)c1cc(C)c(-c3ccccn3)nc12. The second-order valence-electron chi connectivity index (χ2n) is 6.42. The monoisotopic (exact) mass is 313 g/mol. The molecule has 0 aliphatic rings. The maximum absolute atomic E-state index is 4.98. The molecule has 0 radical (unpaired) electrons. The third kappa shape index (κ3) is 2.16. The second kappa shape index (κ2) is 5.38. The molecule has 1 aromatic carbocycles. The third-order valence-corrected chi connectivity index (χ3v) is 4.74. The third-order valence-electron chi connectivity index (χ3n) is 4.74. The molecule has 0 amide bonds. The molecule has 3 nitrogen and oxygen atoms in total. The molecule has 0 bridgehead atoms. The van der Waals surface area contributed by atoms with Gasteiger partial charge in [0.15, 0.2) is 0 Å². The van der Waals surface area contributed by atoms with Gasteiger partial charge in [-0.25, -0.2) is 4.98 Å². The smallest absolute Gasteiger partial charge is 0.0975 e. The van der Waals surface area contributed by atoms with E-state index >= 15 is 0 Å². The molecule has 0 unspecified atom stereocenters. The lowest BCUT2D eigenvalue weighted by Crippen LogP contribution is -1.97. The summed E-state index contributed by atoms with van der Waals surface area (Å²) in [4.78, 5) is 14.1. The first-order chi connectivity index (χ1) is 11.6. The van der Waals surface area contributed by atoms with Crippen LogP contribution in [0, 0.1) is 27.7 Å². The van der Waals surface area contributed by atoms with E-state index in [9.17, 15) is 0 Å². The second-order valence-corrected chi connectivity index (χ2v) is 6.42. The summed E-state index contributed by atoms with van der Waals surface area (Å²) >= 11 is 0. The average molecular weight is 313 g/mol. The topological polar surface area (TPSA) is 38.7 Å². The molecule has 0 aliphatic heterocycles. The number of hydrogen-bond donors (Lipinski definition) is 0. The highest BCUT2D eigenvalue weighted by Gasteiger charge is 2.14. The summed E-state index contributed by atoms with van der Waals surface area (Å²) in [7, 11) is 0. The Hall–Kier alpha value is -2.81. The van der Waals surface area contributed by atoms with Crippen molar-refractivity contribution in [2.24, 2.45) is 0 Å². The highest BCUT2D eigenvalue weighted by molar-refractivity contribution is 6.07. The summed E-state index contributed by atoms with van der Waals surface area (Å²) in [5.74, 6) is 0. The summed E-state index contributed by atoms with van der Waals surface area (Å²) in [5.41, 5.74) is 8.60.